The van der Waals surface area contributed by atoms with Gasteiger partial charge in [0, 0.05) is 18.8 Å². The molecule has 0 saturated heterocycles. The average molecular weight is 335 g/mol. The molecule has 0 saturated carbocycles. The molecular formula is C15H14FN3O3S. The molecule has 1 aliphatic heterocycles. The highest BCUT2D eigenvalue weighted by Gasteiger charge is 2.24. The summed E-state index contributed by atoms with van der Waals surface area (Å²) in [4.78, 5) is 28.2. The van der Waals surface area contributed by atoms with Crippen molar-refractivity contribution in [3.63, 3.8) is 0 Å². The monoisotopic (exact) mass is 335 g/mol. The number of hydrogen-bond acceptors (Lipinski definition) is 5. The molecule has 0 atom stereocenters. The fraction of sp³-hybridized carbons (Fsp3) is 0.267. The minimum atomic E-state index is -0.649. The quantitative estimate of drug-likeness (QED) is 0.829. The molecule has 2 heterocycles. The maximum absolute atomic E-state index is 13.2. The van der Waals surface area contributed by atoms with Crippen LogP contribution >= 0.6 is 11.8 Å². The van der Waals surface area contributed by atoms with E-state index in [0.717, 1.165) is 0 Å². The van der Waals surface area contributed by atoms with Gasteiger partial charge < -0.3 is 10.4 Å². The zero-order chi connectivity index (χ0) is 16.6. The van der Waals surface area contributed by atoms with E-state index in [-0.39, 0.29) is 18.1 Å². The first kappa shape index (κ1) is 15.5. The number of carbonyl (C=O) groups excluding carboxylic acids is 1. The van der Waals surface area contributed by atoms with E-state index < -0.39 is 17.2 Å². The molecule has 1 aromatic heterocycles. The lowest BCUT2D eigenvalue weighted by atomic mass is 10.1. The second kappa shape index (κ2) is 6.04. The largest absolute Gasteiger partial charge is 0.501 e. The molecule has 1 aliphatic rings. The first-order chi connectivity index (χ1) is 11.0. The molecule has 0 bridgehead atoms. The van der Waals surface area contributed by atoms with Gasteiger partial charge in [-0.2, -0.15) is 0 Å². The van der Waals surface area contributed by atoms with Crippen LogP contribution in [0, 0.1) is 12.7 Å². The Balaban J connectivity index is 1.80. The molecule has 2 N–H and O–H groups in total. The Kier molecular flexibility index (Phi) is 4.08. The summed E-state index contributed by atoms with van der Waals surface area (Å²) in [5.41, 5.74) is 0.297. The molecule has 8 heteroatoms. The summed E-state index contributed by atoms with van der Waals surface area (Å²) >= 11 is 1.36. The molecular weight excluding hydrogens is 321 g/mol. The number of aryl methyl sites for hydroxylation is 1. The summed E-state index contributed by atoms with van der Waals surface area (Å²) in [6.45, 7) is 2.25. The van der Waals surface area contributed by atoms with Crippen molar-refractivity contribution in [3.05, 3.63) is 51.2 Å². The molecule has 1 amide bonds. The van der Waals surface area contributed by atoms with Gasteiger partial charge in [0.15, 0.2) is 10.9 Å². The fourth-order valence-electron chi connectivity index (χ4n) is 2.30. The minimum Gasteiger partial charge on any atom is -0.501 e. The maximum atomic E-state index is 13.2. The van der Waals surface area contributed by atoms with Crippen LogP contribution in [0.4, 0.5) is 4.39 Å². The number of aromatic nitrogens is 2. The molecule has 0 unspecified atom stereocenters. The highest BCUT2D eigenvalue weighted by molar-refractivity contribution is 7.99. The van der Waals surface area contributed by atoms with Crippen LogP contribution in [0.1, 0.15) is 21.6 Å². The molecule has 120 valence electrons. The molecule has 0 spiro atoms. The lowest BCUT2D eigenvalue weighted by Gasteiger charge is -2.09. The van der Waals surface area contributed by atoms with Gasteiger partial charge in [0.25, 0.3) is 11.5 Å². The standard InChI is InChI=1S/C15H14FN3O3S/c1-8-6-9(2-3-10(8)16)7-17-13(21)11-12(20)14(22)19-4-5-23-15(19)18-11/h2-3,6,20H,4-5,7H2,1H3,(H,17,21). The number of fused-ring (bicyclic) bond motifs is 1. The summed E-state index contributed by atoms with van der Waals surface area (Å²) in [5, 5.41) is 12.9. The van der Waals surface area contributed by atoms with Gasteiger partial charge in [-0.25, -0.2) is 9.37 Å². The van der Waals surface area contributed by atoms with Gasteiger partial charge in [-0.3, -0.25) is 14.2 Å². The number of aromatic hydroxyl groups is 1. The van der Waals surface area contributed by atoms with Gasteiger partial charge in [0.05, 0.1) is 0 Å². The normalized spacial score (nSPS) is 13.0. The Labute approximate surface area is 135 Å². The second-order valence-electron chi connectivity index (χ2n) is 5.16. The molecule has 0 aliphatic carbocycles. The van der Waals surface area contributed by atoms with Gasteiger partial charge >= 0.3 is 0 Å². The van der Waals surface area contributed by atoms with E-state index in [4.69, 9.17) is 0 Å². The molecule has 0 radical (unpaired) electrons. The number of rotatable bonds is 3. The number of halogens is 1. The topological polar surface area (TPSA) is 84.2 Å². The number of benzene rings is 1. The summed E-state index contributed by atoms with van der Waals surface area (Å²) in [6.07, 6.45) is 0. The first-order valence-electron chi connectivity index (χ1n) is 6.97. The molecule has 0 fully saturated rings. The number of thioether (sulfide) groups is 1. The first-order valence-corrected chi connectivity index (χ1v) is 7.96. The van der Waals surface area contributed by atoms with E-state index in [1.807, 2.05) is 0 Å². The smallest absolute Gasteiger partial charge is 0.297 e. The van der Waals surface area contributed by atoms with Gasteiger partial charge in [0.2, 0.25) is 5.75 Å². The summed E-state index contributed by atoms with van der Waals surface area (Å²) < 4.78 is 14.6. The molecule has 6 nitrogen and oxygen atoms in total. The van der Waals surface area contributed by atoms with Gasteiger partial charge in [0.1, 0.15) is 5.82 Å². The third-order valence-corrected chi connectivity index (χ3v) is 4.50. The zero-order valence-corrected chi connectivity index (χ0v) is 13.1. The van der Waals surface area contributed by atoms with E-state index in [1.165, 1.54) is 22.4 Å². The van der Waals surface area contributed by atoms with E-state index in [1.54, 1.807) is 19.1 Å². The number of hydrogen-bond donors (Lipinski definition) is 2. The number of nitrogens with zero attached hydrogens (tertiary/aromatic N) is 2. The van der Waals surface area contributed by atoms with E-state index >= 15 is 0 Å². The molecule has 23 heavy (non-hydrogen) atoms. The Morgan fingerprint density at radius 1 is 1.52 bits per heavy atom. The van der Waals surface area contributed by atoms with Crippen molar-refractivity contribution in [2.75, 3.05) is 5.75 Å². The molecule has 2 aromatic rings. The SMILES string of the molecule is Cc1cc(CNC(=O)c2nc3n(c(=O)c2O)CCS3)ccc1F. The van der Waals surface area contributed by atoms with E-state index in [0.29, 0.717) is 28.6 Å². The van der Waals surface area contributed by atoms with Crippen LogP contribution in [0.2, 0.25) is 0 Å². The molecule has 1 aromatic carbocycles. The zero-order valence-electron chi connectivity index (χ0n) is 12.3. The van der Waals surface area contributed by atoms with Crippen LogP contribution in [-0.2, 0) is 13.1 Å². The fourth-order valence-corrected chi connectivity index (χ4v) is 3.24. The second-order valence-corrected chi connectivity index (χ2v) is 6.23. The maximum Gasteiger partial charge on any atom is 0.297 e. The van der Waals surface area contributed by atoms with Gasteiger partial charge in [-0.15, -0.1) is 0 Å². The predicted molar refractivity (Wildman–Crippen MR) is 83.2 cm³/mol. The highest BCUT2D eigenvalue weighted by atomic mass is 32.2. The van der Waals surface area contributed by atoms with Crippen LogP contribution in [0.25, 0.3) is 0 Å². The number of nitrogens with one attached hydrogen (secondary N) is 1. The summed E-state index contributed by atoms with van der Waals surface area (Å²) in [5.74, 6) is -0.925. The average Bonchev–Trinajstić information content (AvgIpc) is 3.00. The van der Waals surface area contributed by atoms with E-state index in [2.05, 4.69) is 10.3 Å². The Hall–Kier alpha value is -2.35. The van der Waals surface area contributed by atoms with Crippen LogP contribution in [0.3, 0.4) is 0 Å². The van der Waals surface area contributed by atoms with Crippen LogP contribution < -0.4 is 10.9 Å². The Morgan fingerprint density at radius 3 is 3.04 bits per heavy atom. The lowest BCUT2D eigenvalue weighted by molar-refractivity contribution is 0.0941. The van der Waals surface area contributed by atoms with E-state index in [9.17, 15) is 19.1 Å². The third-order valence-electron chi connectivity index (χ3n) is 3.55. The predicted octanol–water partition coefficient (Wildman–Crippen LogP) is 1.43. The van der Waals surface area contributed by atoms with Crippen molar-refractivity contribution < 1.29 is 14.3 Å². The number of carbonyl (C=O) groups is 1. The Morgan fingerprint density at radius 2 is 2.30 bits per heavy atom. The van der Waals surface area contributed by atoms with Crippen molar-refractivity contribution in [1.82, 2.24) is 14.9 Å². The van der Waals surface area contributed by atoms with Crippen molar-refractivity contribution in [2.45, 2.75) is 25.2 Å². The summed E-state index contributed by atoms with van der Waals surface area (Å²) in [6, 6.07) is 4.50. The van der Waals surface area contributed by atoms with Gasteiger partial charge in [-0.05, 0) is 24.1 Å². The third kappa shape index (κ3) is 2.94. The van der Waals surface area contributed by atoms with Crippen molar-refractivity contribution in [1.29, 1.82) is 0 Å². The minimum absolute atomic E-state index is 0.145. The van der Waals surface area contributed by atoms with Crippen LogP contribution in [-0.4, -0.2) is 26.3 Å². The molecule has 3 rings (SSSR count). The van der Waals surface area contributed by atoms with Crippen LogP contribution in [0.5, 0.6) is 5.75 Å². The van der Waals surface area contributed by atoms with Crippen molar-refractivity contribution in [2.24, 2.45) is 0 Å². The van der Waals surface area contributed by atoms with Crippen molar-refractivity contribution in [3.8, 4) is 5.75 Å². The van der Waals surface area contributed by atoms with Crippen LogP contribution in [0.15, 0.2) is 28.2 Å². The lowest BCUT2D eigenvalue weighted by Crippen LogP contribution is -2.29. The highest BCUT2D eigenvalue weighted by Crippen LogP contribution is 2.24. The number of amides is 1. The Bertz CT molecular complexity index is 851. The van der Waals surface area contributed by atoms with Crippen molar-refractivity contribution >= 4 is 17.7 Å². The van der Waals surface area contributed by atoms with Gasteiger partial charge in [-0.1, -0.05) is 23.9 Å². The summed E-state index contributed by atoms with van der Waals surface area (Å²) in [7, 11) is 0.